The van der Waals surface area contributed by atoms with E-state index in [1.54, 1.807) is 4.90 Å². The summed E-state index contributed by atoms with van der Waals surface area (Å²) >= 11 is 1.48. The summed E-state index contributed by atoms with van der Waals surface area (Å²) in [5.41, 5.74) is 1.10. The molecule has 3 fully saturated rings. The first-order valence-corrected chi connectivity index (χ1v) is 10.5. The molecule has 2 amide bonds. The topological polar surface area (TPSA) is 93.4 Å². The molecule has 5 rings (SSSR count). The molecule has 2 aliphatic carbocycles. The molecular formula is C18H23N5O3S. The first-order chi connectivity index (χ1) is 13.2. The average molecular weight is 389 g/mol. The number of carbonyl (C=O) groups is 1. The predicted molar refractivity (Wildman–Crippen MR) is 98.9 cm³/mol. The summed E-state index contributed by atoms with van der Waals surface area (Å²) in [5, 5.41) is 9.74. The Morgan fingerprint density at radius 2 is 2.11 bits per heavy atom. The Hall–Kier alpha value is -2.00. The van der Waals surface area contributed by atoms with E-state index >= 15 is 0 Å². The number of anilines is 1. The van der Waals surface area contributed by atoms with Crippen LogP contribution < -0.4 is 5.32 Å². The minimum Gasteiger partial charge on any atom is -0.374 e. The van der Waals surface area contributed by atoms with E-state index in [0.717, 1.165) is 24.4 Å². The number of rotatable bonds is 4. The van der Waals surface area contributed by atoms with Gasteiger partial charge in [-0.25, -0.2) is 9.78 Å². The number of ether oxygens (including phenoxy) is 1. The largest absolute Gasteiger partial charge is 0.374 e. The monoisotopic (exact) mass is 389 g/mol. The van der Waals surface area contributed by atoms with Gasteiger partial charge in [0.1, 0.15) is 6.04 Å². The van der Waals surface area contributed by atoms with E-state index in [1.165, 1.54) is 30.6 Å². The maximum absolute atomic E-state index is 12.9. The van der Waals surface area contributed by atoms with Crippen LogP contribution in [0.3, 0.4) is 0 Å². The third-order valence-electron chi connectivity index (χ3n) is 5.67. The summed E-state index contributed by atoms with van der Waals surface area (Å²) in [6.45, 7) is 2.89. The molecule has 3 heterocycles. The summed E-state index contributed by atoms with van der Waals surface area (Å²) in [5.74, 6) is 2.16. The fraction of sp³-hybridized carbons (Fsp3) is 0.667. The Balaban J connectivity index is 1.32. The number of hydrogen-bond donors (Lipinski definition) is 1. The van der Waals surface area contributed by atoms with Gasteiger partial charge in [0.15, 0.2) is 11.0 Å². The highest BCUT2D eigenvalue weighted by Gasteiger charge is 2.39. The summed E-state index contributed by atoms with van der Waals surface area (Å²) in [6, 6.07) is -0.583. The number of hydrogen-bond acceptors (Lipinski definition) is 7. The standard InChI is InChI=1S/C18H23N5O3S/c1-10-14(16-20-15(22-26-16)12-5-6-12)23(7-8-25-10)18(24)21-17-19-13(9-27-17)11-3-2-4-11/h9-12,14H,2-8H2,1H3,(H,19,21,24)/t10-,14+/m1/s1. The summed E-state index contributed by atoms with van der Waals surface area (Å²) in [7, 11) is 0. The Labute approximate surface area is 161 Å². The highest BCUT2D eigenvalue weighted by molar-refractivity contribution is 7.13. The zero-order valence-electron chi connectivity index (χ0n) is 15.3. The molecule has 2 aromatic rings. The Bertz CT molecular complexity index is 829. The number of morpholine rings is 1. The molecule has 2 aromatic heterocycles. The summed E-state index contributed by atoms with van der Waals surface area (Å²) in [6.07, 6.45) is 5.66. The van der Waals surface area contributed by atoms with Gasteiger partial charge in [-0.05, 0) is 32.6 Å². The van der Waals surface area contributed by atoms with Gasteiger partial charge in [0, 0.05) is 23.8 Å². The second-order valence-electron chi connectivity index (χ2n) is 7.61. The lowest BCUT2D eigenvalue weighted by molar-refractivity contribution is -0.0525. The van der Waals surface area contributed by atoms with Crippen molar-refractivity contribution in [3.05, 3.63) is 22.8 Å². The molecule has 1 aliphatic heterocycles. The Morgan fingerprint density at radius 3 is 2.85 bits per heavy atom. The SMILES string of the molecule is C[C@H]1OCCN(C(=O)Nc2nc(C3CCC3)cs2)[C@@H]1c1nc(C2CC2)no1. The average Bonchev–Trinajstić information content (AvgIpc) is 3.18. The van der Waals surface area contributed by atoms with Crippen LogP contribution in [0.15, 0.2) is 9.90 Å². The molecule has 0 aromatic carbocycles. The van der Waals surface area contributed by atoms with Crippen LogP contribution in [0.4, 0.5) is 9.93 Å². The molecule has 3 aliphatic rings. The van der Waals surface area contributed by atoms with Gasteiger partial charge >= 0.3 is 6.03 Å². The maximum Gasteiger partial charge on any atom is 0.324 e. The minimum absolute atomic E-state index is 0.198. The molecule has 0 bridgehead atoms. The van der Waals surface area contributed by atoms with E-state index in [1.807, 2.05) is 6.92 Å². The van der Waals surface area contributed by atoms with Gasteiger partial charge in [-0.2, -0.15) is 4.98 Å². The van der Waals surface area contributed by atoms with E-state index in [2.05, 4.69) is 25.8 Å². The lowest BCUT2D eigenvalue weighted by atomic mass is 9.83. The summed E-state index contributed by atoms with van der Waals surface area (Å²) in [4.78, 5) is 23.8. The van der Waals surface area contributed by atoms with Gasteiger partial charge in [0.2, 0.25) is 0 Å². The van der Waals surface area contributed by atoms with Crippen LogP contribution in [0.5, 0.6) is 0 Å². The normalized spacial score (nSPS) is 26.0. The number of aromatic nitrogens is 3. The fourth-order valence-electron chi connectivity index (χ4n) is 3.66. The van der Waals surface area contributed by atoms with Gasteiger partial charge in [0.25, 0.3) is 5.89 Å². The Kier molecular flexibility index (Phi) is 4.35. The van der Waals surface area contributed by atoms with Gasteiger partial charge in [-0.3, -0.25) is 5.32 Å². The molecule has 27 heavy (non-hydrogen) atoms. The van der Waals surface area contributed by atoms with Gasteiger partial charge < -0.3 is 14.2 Å². The van der Waals surface area contributed by atoms with Crippen molar-refractivity contribution in [2.45, 2.75) is 63.0 Å². The van der Waals surface area contributed by atoms with Crippen LogP contribution in [0.1, 0.15) is 74.3 Å². The van der Waals surface area contributed by atoms with Crippen LogP contribution in [0.2, 0.25) is 0 Å². The molecule has 2 atom stereocenters. The molecule has 8 nitrogen and oxygen atoms in total. The molecule has 0 radical (unpaired) electrons. The zero-order valence-corrected chi connectivity index (χ0v) is 16.1. The highest BCUT2D eigenvalue weighted by Crippen LogP contribution is 2.40. The molecule has 144 valence electrons. The third-order valence-corrected chi connectivity index (χ3v) is 6.44. The lowest BCUT2D eigenvalue weighted by Crippen LogP contribution is -2.49. The quantitative estimate of drug-likeness (QED) is 0.858. The first kappa shape index (κ1) is 17.1. The lowest BCUT2D eigenvalue weighted by Gasteiger charge is -2.37. The third kappa shape index (κ3) is 3.34. The number of carbonyl (C=O) groups excluding carboxylic acids is 1. The van der Waals surface area contributed by atoms with E-state index < -0.39 is 0 Å². The summed E-state index contributed by atoms with van der Waals surface area (Å²) < 4.78 is 11.2. The van der Waals surface area contributed by atoms with Crippen molar-refractivity contribution in [3.63, 3.8) is 0 Å². The molecule has 0 spiro atoms. The van der Waals surface area contributed by atoms with E-state index in [9.17, 15) is 4.79 Å². The van der Waals surface area contributed by atoms with Gasteiger partial charge in [0.05, 0.1) is 18.4 Å². The molecular weight excluding hydrogens is 366 g/mol. The van der Waals surface area contributed by atoms with Crippen molar-refractivity contribution >= 4 is 22.5 Å². The van der Waals surface area contributed by atoms with Crippen molar-refractivity contribution in [3.8, 4) is 0 Å². The Morgan fingerprint density at radius 1 is 1.26 bits per heavy atom. The first-order valence-electron chi connectivity index (χ1n) is 9.67. The van der Waals surface area contributed by atoms with Crippen molar-refractivity contribution < 1.29 is 14.1 Å². The van der Waals surface area contributed by atoms with Crippen LogP contribution in [-0.4, -0.2) is 45.3 Å². The second kappa shape index (κ2) is 6.87. The predicted octanol–water partition coefficient (Wildman–Crippen LogP) is 3.66. The van der Waals surface area contributed by atoms with Crippen LogP contribution in [0.25, 0.3) is 0 Å². The smallest absolute Gasteiger partial charge is 0.324 e. The second-order valence-corrected chi connectivity index (χ2v) is 8.47. The van der Waals surface area contributed by atoms with E-state index in [4.69, 9.17) is 9.26 Å². The molecule has 2 saturated carbocycles. The van der Waals surface area contributed by atoms with Crippen molar-refractivity contribution in [1.82, 2.24) is 20.0 Å². The van der Waals surface area contributed by atoms with Crippen LogP contribution in [0, 0.1) is 0 Å². The minimum atomic E-state index is -0.384. The number of nitrogens with zero attached hydrogens (tertiary/aromatic N) is 4. The van der Waals surface area contributed by atoms with Crippen molar-refractivity contribution in [2.24, 2.45) is 0 Å². The van der Waals surface area contributed by atoms with Crippen LogP contribution >= 0.6 is 11.3 Å². The zero-order chi connectivity index (χ0) is 18.4. The molecule has 9 heteroatoms. The molecule has 1 saturated heterocycles. The number of nitrogens with one attached hydrogen (secondary N) is 1. The van der Waals surface area contributed by atoms with Gasteiger partial charge in [-0.1, -0.05) is 11.6 Å². The molecule has 0 unspecified atom stereocenters. The van der Waals surface area contributed by atoms with Crippen molar-refractivity contribution in [1.29, 1.82) is 0 Å². The highest BCUT2D eigenvalue weighted by atomic mass is 32.1. The fourth-order valence-corrected chi connectivity index (χ4v) is 4.44. The van der Waals surface area contributed by atoms with Gasteiger partial charge in [-0.15, -0.1) is 11.3 Å². The number of thiazole rings is 1. The molecule has 1 N–H and O–H groups in total. The number of urea groups is 1. The van der Waals surface area contributed by atoms with E-state index in [0.29, 0.717) is 36.0 Å². The maximum atomic E-state index is 12.9. The van der Waals surface area contributed by atoms with E-state index in [-0.39, 0.29) is 18.2 Å². The van der Waals surface area contributed by atoms with Crippen molar-refractivity contribution in [2.75, 3.05) is 18.5 Å². The number of amides is 2. The van der Waals surface area contributed by atoms with Crippen LogP contribution in [-0.2, 0) is 4.74 Å².